The van der Waals surface area contributed by atoms with E-state index < -0.39 is 0 Å². The standard InChI is InChI=1S/C11H9N3OS3/c1-2-6-8(9-13-14-11(16)15-9)18-10(12-6)7-4-3-5-17-7/h3-5H,2H2,1H3,(H,14,16). The Morgan fingerprint density at radius 3 is 3.00 bits per heavy atom. The van der Waals surface area contributed by atoms with Gasteiger partial charge in [-0.2, -0.15) is 0 Å². The summed E-state index contributed by atoms with van der Waals surface area (Å²) >= 11 is 8.16. The average molecular weight is 295 g/mol. The van der Waals surface area contributed by atoms with Gasteiger partial charge in [-0.3, -0.25) is 0 Å². The molecule has 0 amide bonds. The third kappa shape index (κ3) is 2.05. The molecule has 0 radical (unpaired) electrons. The van der Waals surface area contributed by atoms with Crippen LogP contribution < -0.4 is 0 Å². The van der Waals surface area contributed by atoms with Gasteiger partial charge >= 0.3 is 0 Å². The molecule has 0 bridgehead atoms. The number of thiophene rings is 1. The number of hydrogen-bond donors (Lipinski definition) is 1. The summed E-state index contributed by atoms with van der Waals surface area (Å²) in [4.78, 5) is 7.04. The first-order chi connectivity index (χ1) is 8.78. The predicted molar refractivity (Wildman–Crippen MR) is 75.5 cm³/mol. The molecule has 0 aliphatic rings. The quantitative estimate of drug-likeness (QED) is 0.738. The van der Waals surface area contributed by atoms with Crippen molar-refractivity contribution in [1.29, 1.82) is 0 Å². The van der Waals surface area contributed by atoms with Crippen molar-refractivity contribution in [3.63, 3.8) is 0 Å². The number of aromatic nitrogens is 3. The Labute approximate surface area is 116 Å². The fourth-order valence-corrected chi connectivity index (χ4v) is 3.59. The molecule has 0 saturated carbocycles. The summed E-state index contributed by atoms with van der Waals surface area (Å²) in [5, 5.41) is 9.75. The molecule has 1 N–H and O–H groups in total. The maximum atomic E-state index is 5.36. The van der Waals surface area contributed by atoms with Crippen LogP contribution >= 0.6 is 34.9 Å². The van der Waals surface area contributed by atoms with E-state index in [0.717, 1.165) is 26.9 Å². The Morgan fingerprint density at radius 1 is 1.50 bits per heavy atom. The molecule has 3 heterocycles. The second kappa shape index (κ2) is 4.75. The molecule has 0 spiro atoms. The Kier molecular flexibility index (Phi) is 3.11. The van der Waals surface area contributed by atoms with E-state index in [9.17, 15) is 0 Å². The summed E-state index contributed by atoms with van der Waals surface area (Å²) in [6.07, 6.45) is 0.840. The van der Waals surface area contributed by atoms with Gasteiger partial charge in [-0.25, -0.2) is 10.1 Å². The Hall–Kier alpha value is -1.31. The number of hydrogen-bond acceptors (Lipinski definition) is 6. The minimum absolute atomic E-state index is 0.290. The third-order valence-corrected chi connectivity index (χ3v) is 4.70. The van der Waals surface area contributed by atoms with Gasteiger partial charge < -0.3 is 4.42 Å². The highest BCUT2D eigenvalue weighted by Gasteiger charge is 2.17. The highest BCUT2D eigenvalue weighted by molar-refractivity contribution is 7.71. The minimum atomic E-state index is 0.290. The van der Waals surface area contributed by atoms with E-state index >= 15 is 0 Å². The molecule has 0 fully saturated rings. The molecule has 0 aromatic carbocycles. The molecule has 92 valence electrons. The van der Waals surface area contributed by atoms with Crippen LogP contribution in [0.1, 0.15) is 12.6 Å². The zero-order valence-corrected chi connectivity index (χ0v) is 11.9. The van der Waals surface area contributed by atoms with Crippen molar-refractivity contribution >= 4 is 34.9 Å². The molecular weight excluding hydrogens is 286 g/mol. The third-order valence-electron chi connectivity index (χ3n) is 2.40. The molecule has 3 rings (SSSR count). The topological polar surface area (TPSA) is 54.7 Å². The maximum absolute atomic E-state index is 5.36. The van der Waals surface area contributed by atoms with Crippen molar-refractivity contribution in [2.45, 2.75) is 13.3 Å². The molecule has 7 heteroatoms. The van der Waals surface area contributed by atoms with Gasteiger partial charge in [-0.15, -0.1) is 27.8 Å². The number of rotatable bonds is 3. The van der Waals surface area contributed by atoms with Crippen LogP contribution in [0.15, 0.2) is 21.9 Å². The number of aryl methyl sites for hydroxylation is 1. The smallest absolute Gasteiger partial charge is 0.284 e. The van der Waals surface area contributed by atoms with Gasteiger partial charge in [0.2, 0.25) is 0 Å². The maximum Gasteiger partial charge on any atom is 0.284 e. The number of nitrogens with zero attached hydrogens (tertiary/aromatic N) is 2. The second-order valence-electron chi connectivity index (χ2n) is 3.54. The monoisotopic (exact) mass is 295 g/mol. The van der Waals surface area contributed by atoms with E-state index in [1.165, 1.54) is 0 Å². The Morgan fingerprint density at radius 2 is 2.39 bits per heavy atom. The summed E-state index contributed by atoms with van der Waals surface area (Å²) in [6, 6.07) is 4.08. The lowest BCUT2D eigenvalue weighted by atomic mass is 10.3. The van der Waals surface area contributed by atoms with E-state index in [4.69, 9.17) is 16.6 Å². The van der Waals surface area contributed by atoms with Gasteiger partial charge in [0.15, 0.2) is 0 Å². The summed E-state index contributed by atoms with van der Waals surface area (Å²) in [6.45, 7) is 2.07. The molecule has 18 heavy (non-hydrogen) atoms. The van der Waals surface area contributed by atoms with Crippen LogP contribution in [0.3, 0.4) is 0 Å². The zero-order valence-electron chi connectivity index (χ0n) is 9.47. The lowest BCUT2D eigenvalue weighted by Gasteiger charge is -1.90. The fourth-order valence-electron chi connectivity index (χ4n) is 1.59. The zero-order chi connectivity index (χ0) is 12.5. The second-order valence-corrected chi connectivity index (χ2v) is 5.86. The van der Waals surface area contributed by atoms with Crippen LogP contribution in [-0.4, -0.2) is 15.2 Å². The first-order valence-electron chi connectivity index (χ1n) is 5.37. The van der Waals surface area contributed by atoms with Crippen molar-refractivity contribution in [2.24, 2.45) is 0 Å². The summed E-state index contributed by atoms with van der Waals surface area (Å²) < 4.78 is 5.36. The molecule has 0 aliphatic heterocycles. The van der Waals surface area contributed by atoms with Crippen LogP contribution in [0, 0.1) is 4.84 Å². The first-order valence-corrected chi connectivity index (χ1v) is 7.48. The number of nitrogens with one attached hydrogen (secondary N) is 1. The normalized spacial score (nSPS) is 10.9. The van der Waals surface area contributed by atoms with Crippen LogP contribution in [-0.2, 0) is 6.42 Å². The summed E-state index contributed by atoms with van der Waals surface area (Å²) in [7, 11) is 0. The highest BCUT2D eigenvalue weighted by Crippen LogP contribution is 2.36. The van der Waals surface area contributed by atoms with Gasteiger partial charge in [-0.1, -0.05) is 13.0 Å². The average Bonchev–Trinajstić information content (AvgIpc) is 3.07. The first kappa shape index (κ1) is 11.8. The van der Waals surface area contributed by atoms with Crippen LogP contribution in [0.25, 0.3) is 20.7 Å². The van der Waals surface area contributed by atoms with Crippen molar-refractivity contribution < 1.29 is 4.42 Å². The van der Waals surface area contributed by atoms with E-state index in [0.29, 0.717) is 5.89 Å². The van der Waals surface area contributed by atoms with E-state index in [1.807, 2.05) is 11.4 Å². The van der Waals surface area contributed by atoms with E-state index in [-0.39, 0.29) is 4.84 Å². The molecule has 3 aromatic heterocycles. The lowest BCUT2D eigenvalue weighted by Crippen LogP contribution is -1.84. The fraction of sp³-hybridized carbons (Fsp3) is 0.182. The Bertz CT molecular complexity index is 708. The number of H-pyrrole nitrogens is 1. The molecule has 0 aliphatic carbocycles. The number of aromatic amines is 1. The molecule has 0 atom stereocenters. The van der Waals surface area contributed by atoms with Gasteiger partial charge in [0.25, 0.3) is 10.7 Å². The Balaban J connectivity index is 2.12. The van der Waals surface area contributed by atoms with E-state index in [2.05, 4.69) is 28.2 Å². The summed E-state index contributed by atoms with van der Waals surface area (Å²) in [5.74, 6) is 0.525. The minimum Gasteiger partial charge on any atom is -0.408 e. The molecule has 0 saturated heterocycles. The molecular formula is C11H9N3OS3. The van der Waals surface area contributed by atoms with Crippen molar-refractivity contribution in [3.05, 3.63) is 28.0 Å². The SMILES string of the molecule is CCc1nc(-c2cccs2)sc1-c1n[nH]c(=S)o1. The van der Waals surface area contributed by atoms with Crippen LogP contribution in [0.5, 0.6) is 0 Å². The van der Waals surface area contributed by atoms with Gasteiger partial charge in [-0.05, 0) is 30.1 Å². The summed E-state index contributed by atoms with van der Waals surface area (Å²) in [5.41, 5.74) is 0.994. The van der Waals surface area contributed by atoms with Crippen molar-refractivity contribution in [2.75, 3.05) is 0 Å². The van der Waals surface area contributed by atoms with Crippen molar-refractivity contribution in [3.8, 4) is 20.7 Å². The highest BCUT2D eigenvalue weighted by atomic mass is 32.1. The molecule has 0 unspecified atom stereocenters. The van der Waals surface area contributed by atoms with Gasteiger partial charge in [0.05, 0.1) is 10.6 Å². The van der Waals surface area contributed by atoms with E-state index in [1.54, 1.807) is 22.7 Å². The number of thiazole rings is 1. The van der Waals surface area contributed by atoms with Crippen LogP contribution in [0.2, 0.25) is 0 Å². The largest absolute Gasteiger partial charge is 0.408 e. The van der Waals surface area contributed by atoms with Crippen molar-refractivity contribution in [1.82, 2.24) is 15.2 Å². The molecule has 4 nitrogen and oxygen atoms in total. The van der Waals surface area contributed by atoms with Gasteiger partial charge in [0.1, 0.15) is 9.88 Å². The van der Waals surface area contributed by atoms with Gasteiger partial charge in [0, 0.05) is 0 Å². The van der Waals surface area contributed by atoms with Crippen LogP contribution in [0.4, 0.5) is 0 Å². The predicted octanol–water partition coefficient (Wildman–Crippen LogP) is 4.15. The molecule has 3 aromatic rings. The lowest BCUT2D eigenvalue weighted by molar-refractivity contribution is 0.552.